The maximum Gasteiger partial charge on any atom is 0.347 e. The zero-order valence-electron chi connectivity index (χ0n) is 27.6. The number of Topliss-reactive ketones (excluding diaryl/α,β-unsaturated/α-hetero) is 1. The average molecular weight is 666 g/mol. The fourth-order valence-corrected chi connectivity index (χ4v) is 10.6. The van der Waals surface area contributed by atoms with E-state index in [0.29, 0.717) is 18.4 Å². The van der Waals surface area contributed by atoms with Crippen LogP contribution in [-0.2, 0) is 42.9 Å². The second-order valence-corrected chi connectivity index (χ2v) is 14.9. The lowest BCUT2D eigenvalue weighted by Crippen LogP contribution is -2.81. The Balaban J connectivity index is 1.43. The van der Waals surface area contributed by atoms with Crippen molar-refractivity contribution in [2.24, 2.45) is 34.0 Å². The van der Waals surface area contributed by atoms with Gasteiger partial charge in [-0.1, -0.05) is 27.7 Å². The molecule has 256 valence electrons. The van der Waals surface area contributed by atoms with Crippen molar-refractivity contribution in [3.63, 3.8) is 0 Å². The zero-order chi connectivity index (χ0) is 34.6. The molecular formula is C35H39NO12. The number of pyridine rings is 1. The van der Waals surface area contributed by atoms with E-state index in [1.54, 1.807) is 32.9 Å². The number of aromatic nitrogens is 1. The number of carbonyl (C=O) groups excluding carboxylic acids is 5. The first-order valence-corrected chi connectivity index (χ1v) is 16.1. The number of carbonyl (C=O) groups is 5. The third-order valence-electron chi connectivity index (χ3n) is 12.2. The van der Waals surface area contributed by atoms with Crippen LogP contribution in [0.2, 0.25) is 0 Å². The molecule has 2 aliphatic heterocycles. The molecule has 2 saturated heterocycles. The van der Waals surface area contributed by atoms with Gasteiger partial charge in [0.1, 0.15) is 23.9 Å². The van der Waals surface area contributed by atoms with Crippen LogP contribution in [0.25, 0.3) is 0 Å². The van der Waals surface area contributed by atoms with E-state index in [9.17, 15) is 24.3 Å². The molecule has 3 aliphatic carbocycles. The van der Waals surface area contributed by atoms with Gasteiger partial charge in [-0.15, -0.1) is 0 Å². The van der Waals surface area contributed by atoms with Crippen molar-refractivity contribution < 1.29 is 57.2 Å². The van der Waals surface area contributed by atoms with Crippen LogP contribution in [0.1, 0.15) is 75.9 Å². The summed E-state index contributed by atoms with van der Waals surface area (Å²) in [6.07, 6.45) is 1.56. The van der Waals surface area contributed by atoms with Crippen LogP contribution < -0.4 is 0 Å². The number of cyclic esters (lactones) is 1. The number of methoxy groups -OCH3 is 1. The predicted octanol–water partition coefficient (Wildman–Crippen LogP) is 3.14. The predicted molar refractivity (Wildman–Crippen MR) is 160 cm³/mol. The molecule has 0 radical (unpaired) electrons. The Hall–Kier alpha value is -4.10. The molecule has 2 aromatic rings. The number of nitrogens with zero attached hydrogens (tertiary/aromatic N) is 1. The number of ketones is 1. The highest BCUT2D eigenvalue weighted by molar-refractivity contribution is 6.00. The number of esters is 4. The van der Waals surface area contributed by atoms with Gasteiger partial charge in [0, 0.05) is 58.9 Å². The number of furan rings is 1. The maximum absolute atomic E-state index is 15.1. The van der Waals surface area contributed by atoms with Crippen molar-refractivity contribution in [2.45, 2.75) is 89.5 Å². The van der Waals surface area contributed by atoms with Gasteiger partial charge < -0.3 is 33.2 Å². The maximum atomic E-state index is 15.1. The van der Waals surface area contributed by atoms with Crippen LogP contribution in [0.3, 0.4) is 0 Å². The molecular weight excluding hydrogens is 626 g/mol. The minimum Gasteiger partial charge on any atom is -0.472 e. The van der Waals surface area contributed by atoms with Crippen molar-refractivity contribution in [3.8, 4) is 0 Å². The highest BCUT2D eigenvalue weighted by Crippen LogP contribution is 2.78. The molecule has 5 aliphatic rings. The lowest BCUT2D eigenvalue weighted by molar-refractivity contribution is -0.257. The minimum absolute atomic E-state index is 0.0588. The van der Waals surface area contributed by atoms with E-state index in [4.69, 9.17) is 28.1 Å². The van der Waals surface area contributed by atoms with Crippen molar-refractivity contribution in [2.75, 3.05) is 7.11 Å². The number of aliphatic hydroxyl groups is 1. The number of rotatable bonds is 6. The van der Waals surface area contributed by atoms with Crippen molar-refractivity contribution in [1.82, 2.24) is 4.98 Å². The Kier molecular flexibility index (Phi) is 7.06. The Morgan fingerprint density at radius 3 is 2.48 bits per heavy atom. The van der Waals surface area contributed by atoms with E-state index < -0.39 is 99.3 Å². The van der Waals surface area contributed by atoms with Crippen molar-refractivity contribution in [3.05, 3.63) is 54.2 Å². The standard InChI is InChI=1S/C35H39NO12/c1-17(37)45-23(27(40)43-6)24-31(2,3)29(47-26(39)18-8-7-12-36-15-18)34(42)28(41)33(24,5)20-9-11-32(4)21(35(20)30(34)48-35)14-22(38)46-25(32)19-10-13-44-16-19/h7-8,10,12-13,15-16,20-21,23-25,29-30,42H,9,11,14H2,1-6H3/t20-,21-,23-,24+,25+,29+,30-,32-,33-,34+,35-/m1/s1. The van der Waals surface area contributed by atoms with Gasteiger partial charge in [0.2, 0.25) is 6.10 Å². The monoisotopic (exact) mass is 665 g/mol. The molecule has 11 atom stereocenters. The van der Waals surface area contributed by atoms with Crippen LogP contribution in [0, 0.1) is 34.0 Å². The van der Waals surface area contributed by atoms with Gasteiger partial charge in [0.25, 0.3) is 0 Å². The molecule has 2 bridgehead atoms. The third kappa shape index (κ3) is 4.03. The first-order valence-electron chi connectivity index (χ1n) is 16.1. The normalized spacial score (nSPS) is 41.0. The van der Waals surface area contributed by atoms with Gasteiger partial charge in [0.15, 0.2) is 11.4 Å². The largest absolute Gasteiger partial charge is 0.472 e. The summed E-state index contributed by atoms with van der Waals surface area (Å²) in [5.41, 5.74) is -6.64. The molecule has 7 rings (SSSR count). The Labute approximate surface area is 276 Å². The highest BCUT2D eigenvalue weighted by Gasteiger charge is 2.91. The van der Waals surface area contributed by atoms with E-state index in [-0.39, 0.29) is 12.0 Å². The smallest absolute Gasteiger partial charge is 0.347 e. The molecule has 48 heavy (non-hydrogen) atoms. The van der Waals surface area contributed by atoms with E-state index in [2.05, 4.69) is 4.98 Å². The summed E-state index contributed by atoms with van der Waals surface area (Å²) in [4.78, 5) is 72.1. The lowest BCUT2D eigenvalue weighted by Gasteiger charge is -2.67. The number of epoxide rings is 1. The fourth-order valence-electron chi connectivity index (χ4n) is 10.6. The molecule has 1 N–H and O–H groups in total. The van der Waals surface area contributed by atoms with Crippen LogP contribution >= 0.6 is 0 Å². The molecule has 2 aromatic heterocycles. The van der Waals surface area contributed by atoms with Crippen molar-refractivity contribution in [1.29, 1.82) is 0 Å². The Morgan fingerprint density at radius 1 is 1.10 bits per heavy atom. The van der Waals surface area contributed by atoms with Gasteiger partial charge in [-0.25, -0.2) is 9.59 Å². The molecule has 1 spiro atoms. The molecule has 13 heteroatoms. The highest BCUT2D eigenvalue weighted by atomic mass is 16.6. The molecule has 0 amide bonds. The number of fused-ring (bicyclic) bond motifs is 5. The zero-order valence-corrected chi connectivity index (χ0v) is 27.6. The second kappa shape index (κ2) is 10.4. The molecule has 3 saturated carbocycles. The van der Waals surface area contributed by atoms with Crippen LogP contribution in [0.4, 0.5) is 0 Å². The Bertz CT molecular complexity index is 1690. The summed E-state index contributed by atoms with van der Waals surface area (Å²) >= 11 is 0. The molecule has 0 aromatic carbocycles. The Morgan fingerprint density at radius 2 is 1.85 bits per heavy atom. The summed E-state index contributed by atoms with van der Waals surface area (Å²) in [6.45, 7) is 8.14. The number of hydrogen-bond acceptors (Lipinski definition) is 13. The van der Waals surface area contributed by atoms with E-state index in [1.165, 1.54) is 31.0 Å². The third-order valence-corrected chi connectivity index (χ3v) is 12.2. The van der Waals surface area contributed by atoms with Gasteiger partial charge in [-0.2, -0.15) is 0 Å². The first-order chi connectivity index (χ1) is 22.6. The summed E-state index contributed by atoms with van der Waals surface area (Å²) in [5.74, 6) is -6.10. The fraction of sp³-hybridized carbons (Fsp3) is 0.600. The van der Waals surface area contributed by atoms with Crippen LogP contribution in [0.15, 0.2) is 47.5 Å². The molecule has 0 unspecified atom stereocenters. The van der Waals surface area contributed by atoms with Gasteiger partial charge in [-0.3, -0.25) is 19.4 Å². The summed E-state index contributed by atoms with van der Waals surface area (Å²) < 4.78 is 34.8. The van der Waals surface area contributed by atoms with Crippen LogP contribution in [0.5, 0.6) is 0 Å². The van der Waals surface area contributed by atoms with E-state index in [0.717, 1.165) is 14.0 Å². The van der Waals surface area contributed by atoms with Gasteiger partial charge >= 0.3 is 23.9 Å². The quantitative estimate of drug-likeness (QED) is 0.270. The summed E-state index contributed by atoms with van der Waals surface area (Å²) in [6, 6.07) is 4.76. The van der Waals surface area contributed by atoms with E-state index >= 15 is 4.79 Å². The molecule has 5 fully saturated rings. The topological polar surface area (TPSA) is 181 Å². The lowest BCUT2D eigenvalue weighted by atomic mass is 9.36. The summed E-state index contributed by atoms with van der Waals surface area (Å²) in [5, 5.41) is 12.9. The molecule has 13 nitrogen and oxygen atoms in total. The van der Waals surface area contributed by atoms with Gasteiger partial charge in [-0.05, 0) is 31.0 Å². The first kappa shape index (κ1) is 32.4. The van der Waals surface area contributed by atoms with E-state index in [1.807, 2.05) is 6.92 Å². The average Bonchev–Trinajstić information content (AvgIpc) is 3.53. The number of ether oxygens (including phenoxy) is 5. The number of hydrogen-bond donors (Lipinski definition) is 1. The summed E-state index contributed by atoms with van der Waals surface area (Å²) in [7, 11) is 1.15. The van der Waals surface area contributed by atoms with Crippen molar-refractivity contribution >= 4 is 29.7 Å². The van der Waals surface area contributed by atoms with Gasteiger partial charge in [0.05, 0.1) is 31.6 Å². The minimum atomic E-state index is -2.41. The van der Waals surface area contributed by atoms with Crippen LogP contribution in [-0.4, -0.2) is 76.4 Å². The second-order valence-electron chi connectivity index (χ2n) is 14.9. The molecule has 4 heterocycles. The SMILES string of the molecule is COC(=O)[C@H](OC(C)=O)[C@H]1C(C)(C)[C@H](OC(=O)c2cccnc2)[C@@]2(O)C(=O)[C@]1(C)[C@H]1CC[C@]3(C)[C@@H](CC(=O)O[C@H]3c3ccoc3)[C@]13O[C@H]23.